The molecule has 0 atom stereocenters. The zero-order valence-corrected chi connectivity index (χ0v) is 12.7. The maximum absolute atomic E-state index is 11.7. The molecule has 0 radical (unpaired) electrons. The van der Waals surface area contributed by atoms with Gasteiger partial charge >= 0.3 is 5.69 Å². The van der Waals surface area contributed by atoms with Gasteiger partial charge in [0.15, 0.2) is 5.16 Å². The van der Waals surface area contributed by atoms with Crippen LogP contribution in [0.3, 0.4) is 0 Å². The molecule has 1 aromatic carbocycles. The van der Waals surface area contributed by atoms with E-state index in [-0.39, 0.29) is 11.6 Å². The first-order chi connectivity index (χ1) is 10.1. The van der Waals surface area contributed by atoms with E-state index in [1.54, 1.807) is 29.8 Å². The molecule has 2 aromatic rings. The maximum atomic E-state index is 11.7. The van der Waals surface area contributed by atoms with Crippen LogP contribution >= 0.6 is 11.8 Å². The van der Waals surface area contributed by atoms with Crippen LogP contribution in [0.15, 0.2) is 33.0 Å². The summed E-state index contributed by atoms with van der Waals surface area (Å²) in [6.07, 6.45) is 0.820. The Morgan fingerprint density at radius 1 is 1.52 bits per heavy atom. The van der Waals surface area contributed by atoms with E-state index in [1.165, 1.54) is 11.8 Å². The van der Waals surface area contributed by atoms with E-state index in [4.69, 9.17) is 5.73 Å². The molecule has 0 saturated heterocycles. The minimum atomic E-state index is -0.250. The quantitative estimate of drug-likeness (QED) is 0.717. The number of carbonyl (C=O) groups excluding carboxylic acids is 1. The molecule has 4 N–H and O–H groups in total. The zero-order valence-electron chi connectivity index (χ0n) is 11.8. The van der Waals surface area contributed by atoms with Crippen molar-refractivity contribution in [3.05, 3.63) is 34.2 Å². The lowest BCUT2D eigenvalue weighted by Gasteiger charge is -2.08. The molecule has 0 aliphatic heterocycles. The molecule has 8 heteroatoms. The predicted molar refractivity (Wildman–Crippen MR) is 81.5 cm³/mol. The summed E-state index contributed by atoms with van der Waals surface area (Å²) in [6.45, 7) is 2.56. The number of carbonyl (C=O) groups is 1. The lowest BCUT2D eigenvalue weighted by Crippen LogP contribution is -2.18. The molecule has 7 nitrogen and oxygen atoms in total. The van der Waals surface area contributed by atoms with Crippen molar-refractivity contribution < 1.29 is 4.79 Å². The van der Waals surface area contributed by atoms with Crippen LogP contribution in [0.4, 0.5) is 5.69 Å². The minimum absolute atomic E-state index is 0.190. The molecule has 0 fully saturated rings. The summed E-state index contributed by atoms with van der Waals surface area (Å²) in [5.41, 5.74) is 6.72. The molecule has 0 spiro atoms. The van der Waals surface area contributed by atoms with Crippen LogP contribution in [0.5, 0.6) is 0 Å². The van der Waals surface area contributed by atoms with Gasteiger partial charge in [0.25, 0.3) is 5.91 Å². The van der Waals surface area contributed by atoms with Gasteiger partial charge in [-0.2, -0.15) is 0 Å². The number of rotatable bonds is 5. The smallest absolute Gasteiger partial charge is 0.343 e. The maximum Gasteiger partial charge on any atom is 0.343 e. The van der Waals surface area contributed by atoms with Gasteiger partial charge in [-0.1, -0.05) is 6.92 Å². The van der Waals surface area contributed by atoms with E-state index in [9.17, 15) is 9.59 Å². The second-order valence-electron chi connectivity index (χ2n) is 4.40. The second kappa shape index (κ2) is 6.49. The van der Waals surface area contributed by atoms with Crippen molar-refractivity contribution in [1.82, 2.24) is 20.1 Å². The summed E-state index contributed by atoms with van der Waals surface area (Å²) in [5, 5.41) is 9.52. The second-order valence-corrected chi connectivity index (χ2v) is 5.41. The summed E-state index contributed by atoms with van der Waals surface area (Å²) < 4.78 is 1.55. The Bertz CT molecular complexity index is 707. The number of amides is 1. The van der Waals surface area contributed by atoms with Crippen molar-refractivity contribution in [3.63, 3.8) is 0 Å². The fourth-order valence-corrected chi connectivity index (χ4v) is 2.75. The Morgan fingerprint density at radius 3 is 2.95 bits per heavy atom. The fraction of sp³-hybridized carbons (Fsp3) is 0.308. The first-order valence-electron chi connectivity index (χ1n) is 6.51. The van der Waals surface area contributed by atoms with Gasteiger partial charge in [-0.3, -0.25) is 9.36 Å². The Hall–Kier alpha value is -2.22. The summed E-state index contributed by atoms with van der Waals surface area (Å²) in [4.78, 5) is 24.0. The van der Waals surface area contributed by atoms with E-state index in [0.29, 0.717) is 27.8 Å². The summed E-state index contributed by atoms with van der Waals surface area (Å²) in [7, 11) is 1.57. The SMILES string of the molecule is CCCn1c(Sc2cc(C(=O)NC)ccc2N)n[nH]c1=O. The third-order valence-corrected chi connectivity index (χ3v) is 3.94. The minimum Gasteiger partial charge on any atom is -0.398 e. The van der Waals surface area contributed by atoms with Gasteiger partial charge in [0.2, 0.25) is 0 Å². The number of nitrogens with two attached hydrogens (primary N) is 1. The van der Waals surface area contributed by atoms with Crippen LogP contribution < -0.4 is 16.7 Å². The lowest BCUT2D eigenvalue weighted by molar-refractivity contribution is 0.0963. The molecule has 1 heterocycles. The number of nitrogens with zero attached hydrogens (tertiary/aromatic N) is 2. The predicted octanol–water partition coefficient (Wildman–Crippen LogP) is 1.07. The van der Waals surface area contributed by atoms with Gasteiger partial charge in [-0.25, -0.2) is 9.89 Å². The Labute approximate surface area is 125 Å². The van der Waals surface area contributed by atoms with Gasteiger partial charge < -0.3 is 11.1 Å². The average molecular weight is 307 g/mol. The number of hydrogen-bond acceptors (Lipinski definition) is 5. The number of H-pyrrole nitrogens is 1. The first kappa shape index (κ1) is 15.2. The van der Waals surface area contributed by atoms with Crippen LogP contribution in [-0.4, -0.2) is 27.7 Å². The van der Waals surface area contributed by atoms with Gasteiger partial charge in [0.05, 0.1) is 0 Å². The number of nitrogens with one attached hydrogen (secondary N) is 2. The largest absolute Gasteiger partial charge is 0.398 e. The third-order valence-electron chi connectivity index (χ3n) is 2.87. The van der Waals surface area contributed by atoms with E-state index < -0.39 is 0 Å². The average Bonchev–Trinajstić information content (AvgIpc) is 2.82. The van der Waals surface area contributed by atoms with Crippen LogP contribution in [0.1, 0.15) is 23.7 Å². The van der Waals surface area contributed by atoms with Crippen LogP contribution in [0.2, 0.25) is 0 Å². The normalized spacial score (nSPS) is 10.6. The Balaban J connectivity index is 2.35. The van der Waals surface area contributed by atoms with Gasteiger partial charge in [0, 0.05) is 29.7 Å². The number of benzene rings is 1. The molecule has 0 unspecified atom stereocenters. The molecule has 0 aliphatic carbocycles. The molecule has 0 bridgehead atoms. The van der Waals surface area contributed by atoms with Crippen LogP contribution in [0.25, 0.3) is 0 Å². The highest BCUT2D eigenvalue weighted by molar-refractivity contribution is 7.99. The van der Waals surface area contributed by atoms with E-state index >= 15 is 0 Å². The van der Waals surface area contributed by atoms with E-state index in [1.807, 2.05) is 6.92 Å². The van der Waals surface area contributed by atoms with E-state index in [2.05, 4.69) is 15.5 Å². The molecule has 0 saturated carbocycles. The molecule has 1 amide bonds. The first-order valence-corrected chi connectivity index (χ1v) is 7.33. The fourth-order valence-electron chi connectivity index (χ4n) is 1.81. The summed E-state index contributed by atoms with van der Waals surface area (Å²) in [6, 6.07) is 5.01. The number of aromatic amines is 1. The van der Waals surface area contributed by atoms with Crippen molar-refractivity contribution in [2.24, 2.45) is 0 Å². The van der Waals surface area contributed by atoms with Crippen molar-refractivity contribution >= 4 is 23.4 Å². The molecular weight excluding hydrogens is 290 g/mol. The third kappa shape index (κ3) is 3.27. The molecule has 21 heavy (non-hydrogen) atoms. The number of anilines is 1. The lowest BCUT2D eigenvalue weighted by atomic mass is 10.2. The van der Waals surface area contributed by atoms with Gasteiger partial charge in [-0.05, 0) is 36.4 Å². The monoisotopic (exact) mass is 307 g/mol. The topological polar surface area (TPSA) is 106 Å². The number of nitrogen functional groups attached to an aromatic ring is 1. The highest BCUT2D eigenvalue weighted by Gasteiger charge is 2.13. The van der Waals surface area contributed by atoms with Crippen molar-refractivity contribution in [1.29, 1.82) is 0 Å². The van der Waals surface area contributed by atoms with Gasteiger partial charge in [0.1, 0.15) is 0 Å². The highest BCUT2D eigenvalue weighted by Crippen LogP contribution is 2.31. The molecular formula is C13H17N5O2S. The van der Waals surface area contributed by atoms with Crippen LogP contribution in [0, 0.1) is 0 Å². The van der Waals surface area contributed by atoms with Crippen LogP contribution in [-0.2, 0) is 6.54 Å². The Kier molecular flexibility index (Phi) is 4.69. The van der Waals surface area contributed by atoms with Crippen molar-refractivity contribution in [2.75, 3.05) is 12.8 Å². The van der Waals surface area contributed by atoms with Gasteiger partial charge in [-0.15, -0.1) is 5.10 Å². The number of hydrogen-bond donors (Lipinski definition) is 3. The van der Waals surface area contributed by atoms with Crippen molar-refractivity contribution in [2.45, 2.75) is 29.9 Å². The standard InChI is InChI=1S/C13H17N5O2S/c1-3-6-18-12(20)16-17-13(18)21-10-7-8(11(19)15-2)4-5-9(10)14/h4-5,7H,3,6,14H2,1-2H3,(H,15,19)(H,16,20). The number of aromatic nitrogens is 3. The van der Waals surface area contributed by atoms with Crippen molar-refractivity contribution in [3.8, 4) is 0 Å². The Morgan fingerprint density at radius 2 is 2.29 bits per heavy atom. The highest BCUT2D eigenvalue weighted by atomic mass is 32.2. The van der Waals surface area contributed by atoms with E-state index in [0.717, 1.165) is 6.42 Å². The molecule has 0 aliphatic rings. The summed E-state index contributed by atoms with van der Waals surface area (Å²) >= 11 is 1.26. The zero-order chi connectivity index (χ0) is 15.4. The molecule has 1 aromatic heterocycles. The molecule has 112 valence electrons. The summed E-state index contributed by atoms with van der Waals surface area (Å²) in [5.74, 6) is -0.190. The molecule has 2 rings (SSSR count).